The molecule has 0 bridgehead atoms. The Hall–Kier alpha value is -1.33. The van der Waals surface area contributed by atoms with Gasteiger partial charge in [0, 0.05) is 6.42 Å². The molecule has 112 valence electrons. The Morgan fingerprint density at radius 1 is 1.19 bits per heavy atom. The number of ether oxygens (including phenoxy) is 1. The number of hydrogen-bond donors (Lipinski definition) is 0. The molecule has 0 radical (unpaired) electrons. The Morgan fingerprint density at radius 3 is 2.52 bits per heavy atom. The van der Waals surface area contributed by atoms with Crippen LogP contribution in [0.25, 0.3) is 6.08 Å². The summed E-state index contributed by atoms with van der Waals surface area (Å²) in [4.78, 5) is 0. The maximum absolute atomic E-state index is 14.4. The lowest BCUT2D eigenvalue weighted by Gasteiger charge is -2.32. The average Bonchev–Trinajstić information content (AvgIpc) is 2.91. The van der Waals surface area contributed by atoms with Crippen molar-refractivity contribution < 1.29 is 18.4 Å². The van der Waals surface area contributed by atoms with Gasteiger partial charge in [-0.2, -0.15) is 0 Å². The molecule has 1 fully saturated rings. The van der Waals surface area contributed by atoms with E-state index in [-0.39, 0.29) is 0 Å². The van der Waals surface area contributed by atoms with Crippen LogP contribution < -0.4 is 4.74 Å². The maximum Gasteiger partial charge on any atom is 0.525 e. The van der Waals surface area contributed by atoms with Crippen molar-refractivity contribution in [1.82, 2.24) is 0 Å². The summed E-state index contributed by atoms with van der Waals surface area (Å²) in [5.74, 6) is 0.892. The van der Waals surface area contributed by atoms with Crippen molar-refractivity contribution in [3.63, 3.8) is 0 Å². The second-order valence-electron chi connectivity index (χ2n) is 6.58. The van der Waals surface area contributed by atoms with Crippen LogP contribution in [0.1, 0.15) is 38.8 Å². The zero-order valence-electron chi connectivity index (χ0n) is 12.9. The molecule has 5 heteroatoms. The molecule has 2 aliphatic rings. The first kappa shape index (κ1) is 14.6. The van der Waals surface area contributed by atoms with Crippen molar-refractivity contribution in [3.8, 4) is 5.75 Å². The summed E-state index contributed by atoms with van der Waals surface area (Å²) >= 11 is 0. The summed E-state index contributed by atoms with van der Waals surface area (Å²) in [5.41, 5.74) is 0.438. The highest BCUT2D eigenvalue weighted by Crippen LogP contribution is 2.39. The van der Waals surface area contributed by atoms with Gasteiger partial charge in [-0.3, -0.25) is 0 Å². The van der Waals surface area contributed by atoms with Crippen molar-refractivity contribution in [1.29, 1.82) is 0 Å². The van der Waals surface area contributed by atoms with Gasteiger partial charge in [-0.15, -0.1) is 0 Å². The summed E-state index contributed by atoms with van der Waals surface area (Å²) in [6, 6.07) is 5.67. The van der Waals surface area contributed by atoms with Crippen molar-refractivity contribution in [2.24, 2.45) is 0 Å². The van der Waals surface area contributed by atoms with Gasteiger partial charge in [0.2, 0.25) is 0 Å². The number of benzene rings is 1. The Balaban J connectivity index is 1.81. The fraction of sp³-hybridized carbons (Fsp3) is 0.500. The topological polar surface area (TPSA) is 27.7 Å². The highest BCUT2D eigenvalue weighted by atomic mass is 19.1. The average molecular weight is 290 g/mol. The van der Waals surface area contributed by atoms with Crippen molar-refractivity contribution in [2.45, 2.75) is 45.3 Å². The van der Waals surface area contributed by atoms with E-state index in [9.17, 15) is 4.39 Å². The van der Waals surface area contributed by atoms with Crippen LogP contribution in [0, 0.1) is 0 Å². The van der Waals surface area contributed by atoms with Gasteiger partial charge in [-0.05, 0) is 57.0 Å². The molecule has 3 nitrogen and oxygen atoms in total. The molecule has 1 saturated heterocycles. The van der Waals surface area contributed by atoms with Crippen LogP contribution >= 0.6 is 0 Å². The van der Waals surface area contributed by atoms with Gasteiger partial charge in [0.05, 0.1) is 17.8 Å². The first-order chi connectivity index (χ1) is 9.78. The minimum Gasteiger partial charge on any atom is -0.493 e. The molecule has 0 atom stereocenters. The number of rotatable bonds is 2. The van der Waals surface area contributed by atoms with E-state index in [1.54, 1.807) is 0 Å². The van der Waals surface area contributed by atoms with E-state index in [0.29, 0.717) is 6.61 Å². The Labute approximate surface area is 125 Å². The summed E-state index contributed by atoms with van der Waals surface area (Å²) in [5, 5.41) is 0. The van der Waals surface area contributed by atoms with E-state index >= 15 is 0 Å². The van der Waals surface area contributed by atoms with Crippen LogP contribution in [0.5, 0.6) is 5.75 Å². The number of halogens is 1. The van der Waals surface area contributed by atoms with Crippen molar-refractivity contribution in [2.75, 3.05) is 6.61 Å². The molecule has 2 heterocycles. The molecule has 3 rings (SSSR count). The number of hydrogen-bond acceptors (Lipinski definition) is 3. The molecule has 0 N–H and O–H groups in total. The highest BCUT2D eigenvalue weighted by Gasteiger charge is 2.53. The molecular weight excluding hydrogens is 270 g/mol. The third kappa shape index (κ3) is 2.60. The largest absolute Gasteiger partial charge is 0.525 e. The zero-order chi connectivity index (χ0) is 15.3. The lowest BCUT2D eigenvalue weighted by atomic mass is 9.86. The predicted octanol–water partition coefficient (Wildman–Crippen LogP) is 3.56. The van der Waals surface area contributed by atoms with Crippen LogP contribution in [0.3, 0.4) is 0 Å². The molecule has 0 spiro atoms. The van der Waals surface area contributed by atoms with Gasteiger partial charge in [-0.25, -0.2) is 4.39 Å². The van der Waals surface area contributed by atoms with Crippen LogP contribution in [-0.4, -0.2) is 24.9 Å². The lowest BCUT2D eigenvalue weighted by molar-refractivity contribution is 0.00578. The number of fused-ring (bicyclic) bond motifs is 1. The van der Waals surface area contributed by atoms with E-state index < -0.39 is 24.0 Å². The van der Waals surface area contributed by atoms with Gasteiger partial charge in [0.25, 0.3) is 0 Å². The lowest BCUT2D eigenvalue weighted by Crippen LogP contribution is -2.41. The molecule has 2 aliphatic heterocycles. The summed E-state index contributed by atoms with van der Waals surface area (Å²) < 4.78 is 31.3. The predicted molar refractivity (Wildman–Crippen MR) is 80.8 cm³/mol. The molecule has 1 aromatic carbocycles. The van der Waals surface area contributed by atoms with Crippen LogP contribution in [-0.2, 0) is 15.7 Å². The molecule has 0 saturated carbocycles. The molecule has 0 amide bonds. The van der Waals surface area contributed by atoms with E-state index in [0.717, 1.165) is 23.3 Å². The molecular formula is C16H20BFO3. The van der Waals surface area contributed by atoms with Gasteiger partial charge >= 0.3 is 7.12 Å². The maximum atomic E-state index is 14.4. The molecule has 1 aromatic rings. The zero-order valence-corrected chi connectivity index (χ0v) is 12.9. The third-order valence-electron chi connectivity index (χ3n) is 4.50. The Morgan fingerprint density at radius 2 is 1.86 bits per heavy atom. The highest BCUT2D eigenvalue weighted by molar-refractivity contribution is 6.54. The Bertz CT molecular complexity index is 579. The summed E-state index contributed by atoms with van der Waals surface area (Å²) in [6.07, 6.45) is 2.34. The van der Waals surface area contributed by atoms with Crippen LogP contribution in [0.4, 0.5) is 4.39 Å². The van der Waals surface area contributed by atoms with Gasteiger partial charge in [0.1, 0.15) is 11.5 Å². The standard InChI is InChI=1S/C16H20BFO3/c1-15(2)16(3,4)21-17(20-15)14(18)10-11-5-6-13-12(9-11)7-8-19-13/h5-6,9-10H,7-8H2,1-4H3. The molecule has 21 heavy (non-hydrogen) atoms. The van der Waals surface area contributed by atoms with Crippen LogP contribution in [0.2, 0.25) is 0 Å². The van der Waals surface area contributed by atoms with E-state index in [1.807, 2.05) is 45.9 Å². The smallest absolute Gasteiger partial charge is 0.493 e. The van der Waals surface area contributed by atoms with Gasteiger partial charge < -0.3 is 14.0 Å². The SMILES string of the molecule is CC1(C)OB(C(F)=Cc2ccc3c(c2)CCO3)OC1(C)C. The molecule has 0 aliphatic carbocycles. The van der Waals surface area contributed by atoms with Crippen molar-refractivity contribution >= 4 is 13.2 Å². The van der Waals surface area contributed by atoms with E-state index in [1.165, 1.54) is 6.08 Å². The fourth-order valence-electron chi connectivity index (χ4n) is 2.48. The summed E-state index contributed by atoms with van der Waals surface area (Å²) in [6.45, 7) is 8.34. The van der Waals surface area contributed by atoms with Crippen LogP contribution in [0.15, 0.2) is 23.9 Å². The van der Waals surface area contributed by atoms with Crippen molar-refractivity contribution in [3.05, 3.63) is 35.1 Å². The third-order valence-corrected chi connectivity index (χ3v) is 4.50. The summed E-state index contributed by atoms with van der Waals surface area (Å²) in [7, 11) is -0.945. The normalized spacial score (nSPS) is 23.1. The second-order valence-corrected chi connectivity index (χ2v) is 6.58. The molecule has 0 unspecified atom stereocenters. The second kappa shape index (κ2) is 4.85. The first-order valence-corrected chi connectivity index (χ1v) is 7.27. The van der Waals surface area contributed by atoms with E-state index in [4.69, 9.17) is 14.0 Å². The monoisotopic (exact) mass is 290 g/mol. The first-order valence-electron chi connectivity index (χ1n) is 7.27. The van der Waals surface area contributed by atoms with Gasteiger partial charge in [0.15, 0.2) is 0 Å². The minimum absolute atomic E-state index is 0.410. The molecule has 0 aromatic heterocycles. The Kier molecular flexibility index (Phi) is 3.37. The quantitative estimate of drug-likeness (QED) is 0.779. The van der Waals surface area contributed by atoms with E-state index in [2.05, 4.69) is 0 Å². The fourth-order valence-corrected chi connectivity index (χ4v) is 2.48. The minimum atomic E-state index is -0.945. The van der Waals surface area contributed by atoms with Gasteiger partial charge in [-0.1, -0.05) is 6.07 Å².